The lowest BCUT2D eigenvalue weighted by Gasteiger charge is -2.29. The predicted octanol–water partition coefficient (Wildman–Crippen LogP) is 2.75. The lowest BCUT2D eigenvalue weighted by atomic mass is 9.97. The highest BCUT2D eigenvalue weighted by atomic mass is 16.4. The first kappa shape index (κ1) is 17.5. The fraction of sp³-hybridized carbons (Fsp3) is 0.333. The zero-order valence-electron chi connectivity index (χ0n) is 16.0. The number of fused-ring (bicyclic) bond motifs is 4. The molecule has 0 saturated heterocycles. The van der Waals surface area contributed by atoms with Gasteiger partial charge >= 0.3 is 5.69 Å². The predicted molar refractivity (Wildman–Crippen MR) is 107 cm³/mol. The SMILES string of the molecule is CCN(CC)C1c2ccccc2C=Cc2c1oc1c2c(=O)n(C)c(=O)n1C. The highest BCUT2D eigenvalue weighted by molar-refractivity contribution is 5.91. The zero-order valence-corrected chi connectivity index (χ0v) is 16.0. The average Bonchev–Trinajstić information content (AvgIpc) is 2.99. The van der Waals surface area contributed by atoms with Crippen molar-refractivity contribution in [1.82, 2.24) is 14.0 Å². The third-order valence-corrected chi connectivity index (χ3v) is 5.50. The summed E-state index contributed by atoms with van der Waals surface area (Å²) in [5.74, 6) is 0.716. The maximum Gasteiger partial charge on any atom is 0.333 e. The molecule has 2 heterocycles. The Bertz CT molecular complexity index is 1180. The maximum atomic E-state index is 12.9. The second-order valence-corrected chi connectivity index (χ2v) is 6.85. The summed E-state index contributed by atoms with van der Waals surface area (Å²) in [4.78, 5) is 27.5. The molecule has 1 aromatic carbocycles. The number of aryl methyl sites for hydroxylation is 1. The Morgan fingerprint density at radius 3 is 2.44 bits per heavy atom. The van der Waals surface area contributed by atoms with Crippen LogP contribution in [0.4, 0.5) is 0 Å². The van der Waals surface area contributed by atoms with Gasteiger partial charge in [0, 0.05) is 19.7 Å². The molecule has 0 bridgehead atoms. The minimum atomic E-state index is -0.389. The Morgan fingerprint density at radius 1 is 1.04 bits per heavy atom. The first-order chi connectivity index (χ1) is 13.0. The molecule has 1 aliphatic rings. The molecule has 1 aliphatic carbocycles. The Balaban J connectivity index is 2.14. The van der Waals surface area contributed by atoms with Crippen molar-refractivity contribution in [2.75, 3.05) is 13.1 Å². The number of hydrogen-bond donors (Lipinski definition) is 0. The van der Waals surface area contributed by atoms with E-state index >= 15 is 0 Å². The van der Waals surface area contributed by atoms with E-state index < -0.39 is 0 Å². The molecule has 0 fully saturated rings. The minimum Gasteiger partial charge on any atom is -0.441 e. The smallest absolute Gasteiger partial charge is 0.333 e. The molecule has 3 aromatic rings. The van der Waals surface area contributed by atoms with Gasteiger partial charge in [-0.2, -0.15) is 0 Å². The first-order valence-corrected chi connectivity index (χ1v) is 9.23. The number of rotatable bonds is 3. The van der Waals surface area contributed by atoms with Crippen molar-refractivity contribution >= 4 is 23.3 Å². The minimum absolute atomic E-state index is 0.117. The van der Waals surface area contributed by atoms with E-state index in [0.717, 1.165) is 34.3 Å². The van der Waals surface area contributed by atoms with Gasteiger partial charge in [-0.05, 0) is 30.3 Å². The third kappa shape index (κ3) is 2.44. The normalized spacial score (nSPS) is 15.8. The van der Waals surface area contributed by atoms with Crippen molar-refractivity contribution < 1.29 is 4.42 Å². The molecule has 1 atom stereocenters. The van der Waals surface area contributed by atoms with Gasteiger partial charge in [0.25, 0.3) is 5.56 Å². The summed E-state index contributed by atoms with van der Waals surface area (Å²) in [7, 11) is 3.14. The topological polar surface area (TPSA) is 60.4 Å². The summed E-state index contributed by atoms with van der Waals surface area (Å²) in [6.45, 7) is 5.90. The number of hydrogen-bond acceptors (Lipinski definition) is 4. The molecule has 2 aromatic heterocycles. The maximum absolute atomic E-state index is 12.9. The molecule has 0 N–H and O–H groups in total. The van der Waals surface area contributed by atoms with Gasteiger partial charge in [0.2, 0.25) is 5.71 Å². The lowest BCUT2D eigenvalue weighted by Crippen LogP contribution is -2.36. The summed E-state index contributed by atoms with van der Waals surface area (Å²) < 4.78 is 8.77. The van der Waals surface area contributed by atoms with E-state index in [1.54, 1.807) is 7.05 Å². The second-order valence-electron chi connectivity index (χ2n) is 6.85. The molecule has 27 heavy (non-hydrogen) atoms. The Labute approximate surface area is 156 Å². The van der Waals surface area contributed by atoms with Crippen LogP contribution in [0.15, 0.2) is 38.3 Å². The van der Waals surface area contributed by atoms with Crippen molar-refractivity contribution in [3.63, 3.8) is 0 Å². The summed E-state index contributed by atoms with van der Waals surface area (Å²) in [6.07, 6.45) is 3.96. The van der Waals surface area contributed by atoms with Gasteiger partial charge < -0.3 is 4.42 Å². The van der Waals surface area contributed by atoms with Crippen LogP contribution in [0.25, 0.3) is 23.3 Å². The van der Waals surface area contributed by atoms with E-state index in [1.165, 1.54) is 11.6 Å². The van der Waals surface area contributed by atoms with Crippen molar-refractivity contribution in [3.05, 3.63) is 67.6 Å². The van der Waals surface area contributed by atoms with Gasteiger partial charge in [0.05, 0.1) is 6.04 Å². The molecule has 1 unspecified atom stereocenters. The van der Waals surface area contributed by atoms with Crippen LogP contribution in [0.5, 0.6) is 0 Å². The summed E-state index contributed by atoms with van der Waals surface area (Å²) in [5.41, 5.74) is 2.61. The highest BCUT2D eigenvalue weighted by Crippen LogP contribution is 2.40. The summed E-state index contributed by atoms with van der Waals surface area (Å²) in [6, 6.07) is 8.09. The molecular weight excluding hydrogens is 342 g/mol. The number of benzene rings is 1. The van der Waals surface area contributed by atoms with E-state index in [4.69, 9.17) is 4.42 Å². The fourth-order valence-corrected chi connectivity index (χ4v) is 4.00. The molecule has 0 saturated carbocycles. The Kier molecular flexibility index (Phi) is 4.15. The average molecular weight is 365 g/mol. The fourth-order valence-electron chi connectivity index (χ4n) is 4.00. The van der Waals surface area contributed by atoms with Crippen LogP contribution in [-0.4, -0.2) is 27.1 Å². The first-order valence-electron chi connectivity index (χ1n) is 9.23. The van der Waals surface area contributed by atoms with Crippen molar-refractivity contribution in [3.8, 4) is 0 Å². The van der Waals surface area contributed by atoms with Gasteiger partial charge in [0.1, 0.15) is 11.1 Å². The van der Waals surface area contributed by atoms with Crippen LogP contribution in [0, 0.1) is 0 Å². The monoisotopic (exact) mass is 365 g/mol. The van der Waals surface area contributed by atoms with Crippen LogP contribution >= 0.6 is 0 Å². The van der Waals surface area contributed by atoms with Gasteiger partial charge in [-0.15, -0.1) is 0 Å². The van der Waals surface area contributed by atoms with Crippen molar-refractivity contribution in [2.24, 2.45) is 14.1 Å². The molecule has 6 heteroatoms. The van der Waals surface area contributed by atoms with Gasteiger partial charge in [-0.25, -0.2) is 4.79 Å². The van der Waals surface area contributed by atoms with Gasteiger partial charge in [-0.3, -0.25) is 18.8 Å². The van der Waals surface area contributed by atoms with E-state index in [0.29, 0.717) is 16.9 Å². The van der Waals surface area contributed by atoms with E-state index in [1.807, 2.05) is 24.3 Å². The van der Waals surface area contributed by atoms with Crippen molar-refractivity contribution in [1.29, 1.82) is 0 Å². The standard InChI is InChI=1S/C21H23N3O3/c1-5-24(6-2)17-14-10-8-7-9-13(14)11-12-15-16-19(25)22(3)21(26)23(4)20(16)27-18(15)17/h7-12,17H,5-6H2,1-4H3. The van der Waals surface area contributed by atoms with Crippen LogP contribution in [0.2, 0.25) is 0 Å². The second kappa shape index (κ2) is 6.39. The Hall–Kier alpha value is -2.86. The molecule has 4 rings (SSSR count). The summed E-state index contributed by atoms with van der Waals surface area (Å²) >= 11 is 0. The van der Waals surface area contributed by atoms with Gasteiger partial charge in [-0.1, -0.05) is 44.2 Å². The van der Waals surface area contributed by atoms with Crippen LogP contribution < -0.4 is 11.2 Å². The van der Waals surface area contributed by atoms with Crippen LogP contribution in [0.1, 0.15) is 42.3 Å². The number of furan rings is 1. The summed E-state index contributed by atoms with van der Waals surface area (Å²) in [5, 5.41) is 0.454. The molecular formula is C21H23N3O3. The zero-order chi connectivity index (χ0) is 19.3. The van der Waals surface area contributed by atoms with E-state index in [9.17, 15) is 9.59 Å². The largest absolute Gasteiger partial charge is 0.441 e. The van der Waals surface area contributed by atoms with Crippen molar-refractivity contribution in [2.45, 2.75) is 19.9 Å². The Morgan fingerprint density at radius 2 is 1.74 bits per heavy atom. The molecule has 0 spiro atoms. The quantitative estimate of drug-likeness (QED) is 0.716. The number of aromatic nitrogens is 2. The van der Waals surface area contributed by atoms with Gasteiger partial charge in [0.15, 0.2) is 0 Å². The van der Waals surface area contributed by atoms with E-state index in [-0.39, 0.29) is 17.3 Å². The molecule has 140 valence electrons. The third-order valence-electron chi connectivity index (χ3n) is 5.50. The molecule has 0 aliphatic heterocycles. The molecule has 0 radical (unpaired) electrons. The molecule has 6 nitrogen and oxygen atoms in total. The number of nitrogens with zero attached hydrogens (tertiary/aromatic N) is 3. The van der Waals surface area contributed by atoms with Crippen LogP contribution in [-0.2, 0) is 14.1 Å². The lowest BCUT2D eigenvalue weighted by molar-refractivity contribution is 0.225. The van der Waals surface area contributed by atoms with Crippen LogP contribution in [0.3, 0.4) is 0 Å². The molecule has 0 amide bonds. The highest BCUT2D eigenvalue weighted by Gasteiger charge is 2.32. The van der Waals surface area contributed by atoms with E-state index in [2.05, 4.69) is 30.9 Å².